The van der Waals surface area contributed by atoms with E-state index in [9.17, 15) is 4.39 Å². The predicted molar refractivity (Wildman–Crippen MR) is 94.4 cm³/mol. The third kappa shape index (κ3) is 2.75. The summed E-state index contributed by atoms with van der Waals surface area (Å²) >= 11 is 0. The molecule has 3 nitrogen and oxygen atoms in total. The van der Waals surface area contributed by atoms with Gasteiger partial charge in [0.05, 0.1) is 17.1 Å². The van der Waals surface area contributed by atoms with Crippen LogP contribution in [0.3, 0.4) is 0 Å². The van der Waals surface area contributed by atoms with Crippen LogP contribution in [0.15, 0.2) is 48.5 Å². The fourth-order valence-corrected chi connectivity index (χ4v) is 3.00. The molecule has 4 rings (SSSR count). The first-order chi connectivity index (χ1) is 11.7. The van der Waals surface area contributed by atoms with Crippen LogP contribution in [0.4, 0.5) is 10.2 Å². The molecule has 2 aromatic carbocycles. The Hall–Kier alpha value is -2.75. The van der Waals surface area contributed by atoms with Gasteiger partial charge in [-0.15, -0.1) is 0 Å². The molecule has 120 valence electrons. The normalized spacial score (nSPS) is 13.2. The molecule has 4 heteroatoms. The number of halogens is 1. The molecule has 0 bridgehead atoms. The molecule has 1 aromatic heterocycles. The topological polar surface area (TPSA) is 37.8 Å². The summed E-state index contributed by atoms with van der Waals surface area (Å²) in [6.07, 6.45) is 1.93. The first kappa shape index (κ1) is 14.8. The number of hydrogen-bond donors (Lipinski definition) is 1. The maximum atomic E-state index is 13.7. The van der Waals surface area contributed by atoms with E-state index in [2.05, 4.69) is 24.4 Å². The molecule has 0 fully saturated rings. The maximum Gasteiger partial charge on any atom is 0.148 e. The predicted octanol–water partition coefficient (Wildman–Crippen LogP) is 4.62. The molecule has 1 N–H and O–H groups in total. The van der Waals surface area contributed by atoms with Gasteiger partial charge in [0.2, 0.25) is 0 Å². The number of fused-ring (bicyclic) bond motifs is 1. The van der Waals surface area contributed by atoms with Crippen molar-refractivity contribution in [3.05, 3.63) is 65.6 Å². The largest absolute Gasteiger partial charge is 0.369 e. The molecule has 0 atom stereocenters. The van der Waals surface area contributed by atoms with Gasteiger partial charge in [-0.3, -0.25) is 0 Å². The van der Waals surface area contributed by atoms with Crippen LogP contribution in [0.2, 0.25) is 0 Å². The van der Waals surface area contributed by atoms with E-state index < -0.39 is 0 Å². The van der Waals surface area contributed by atoms with Crippen molar-refractivity contribution in [1.29, 1.82) is 0 Å². The van der Waals surface area contributed by atoms with Gasteiger partial charge < -0.3 is 5.32 Å². The van der Waals surface area contributed by atoms with Crippen molar-refractivity contribution in [2.45, 2.75) is 19.8 Å². The number of anilines is 1. The molecule has 0 amide bonds. The van der Waals surface area contributed by atoms with Gasteiger partial charge in [0, 0.05) is 17.7 Å². The fraction of sp³-hybridized carbons (Fsp3) is 0.200. The van der Waals surface area contributed by atoms with Crippen molar-refractivity contribution in [3.63, 3.8) is 0 Å². The van der Waals surface area contributed by atoms with Gasteiger partial charge in [0.15, 0.2) is 0 Å². The van der Waals surface area contributed by atoms with Crippen molar-refractivity contribution in [2.75, 3.05) is 11.9 Å². The molecular formula is C20H18FN3. The van der Waals surface area contributed by atoms with Gasteiger partial charge in [0.1, 0.15) is 11.6 Å². The number of benzene rings is 2. The molecule has 3 aromatic rings. The summed E-state index contributed by atoms with van der Waals surface area (Å²) in [4.78, 5) is 9.65. The second-order valence-corrected chi connectivity index (χ2v) is 6.12. The summed E-state index contributed by atoms with van der Waals surface area (Å²) < 4.78 is 13.7. The lowest BCUT2D eigenvalue weighted by Crippen LogP contribution is -2.16. The van der Waals surface area contributed by atoms with E-state index in [1.54, 1.807) is 6.07 Å². The van der Waals surface area contributed by atoms with Crippen LogP contribution < -0.4 is 5.32 Å². The van der Waals surface area contributed by atoms with Crippen LogP contribution in [0.5, 0.6) is 0 Å². The molecule has 0 radical (unpaired) electrons. The minimum absolute atomic E-state index is 0.264. The van der Waals surface area contributed by atoms with Crippen molar-refractivity contribution < 1.29 is 4.39 Å². The highest BCUT2D eigenvalue weighted by Gasteiger charge is 2.19. The van der Waals surface area contributed by atoms with Crippen LogP contribution in [-0.2, 0) is 6.42 Å². The fourth-order valence-electron chi connectivity index (χ4n) is 3.00. The van der Waals surface area contributed by atoms with E-state index in [0.717, 1.165) is 53.4 Å². The highest BCUT2D eigenvalue weighted by molar-refractivity contribution is 5.79. The van der Waals surface area contributed by atoms with Gasteiger partial charge >= 0.3 is 0 Å². The number of aromatic nitrogens is 2. The lowest BCUT2D eigenvalue weighted by molar-refractivity contribution is 0.628. The summed E-state index contributed by atoms with van der Waals surface area (Å²) in [5.41, 5.74) is 5.41. The number of nitrogens with one attached hydrogen (secondary N) is 1. The Morgan fingerprint density at radius 1 is 0.958 bits per heavy atom. The number of nitrogens with zero attached hydrogens (tertiary/aromatic N) is 2. The highest BCUT2D eigenvalue weighted by atomic mass is 19.1. The van der Waals surface area contributed by atoms with Crippen LogP contribution in [0, 0.1) is 12.7 Å². The molecule has 0 spiro atoms. The molecule has 0 unspecified atom stereocenters. The number of aryl methyl sites for hydroxylation is 2. The molecule has 24 heavy (non-hydrogen) atoms. The smallest absolute Gasteiger partial charge is 0.148 e. The summed E-state index contributed by atoms with van der Waals surface area (Å²) in [7, 11) is 0. The molecular weight excluding hydrogens is 301 g/mol. The maximum absolute atomic E-state index is 13.7. The van der Waals surface area contributed by atoms with E-state index in [1.807, 2.05) is 18.2 Å². The lowest BCUT2D eigenvalue weighted by Gasteiger charge is -2.19. The zero-order valence-electron chi connectivity index (χ0n) is 13.5. The van der Waals surface area contributed by atoms with Gasteiger partial charge in [-0.1, -0.05) is 42.0 Å². The third-order valence-corrected chi connectivity index (χ3v) is 4.27. The molecule has 1 aliphatic rings. The first-order valence-electron chi connectivity index (χ1n) is 8.18. The Morgan fingerprint density at radius 2 is 1.75 bits per heavy atom. The van der Waals surface area contributed by atoms with E-state index in [0.29, 0.717) is 0 Å². The van der Waals surface area contributed by atoms with E-state index in [1.165, 1.54) is 17.7 Å². The molecule has 2 heterocycles. The Bertz CT molecular complexity index is 888. The van der Waals surface area contributed by atoms with Gasteiger partial charge in [-0.2, -0.15) is 0 Å². The number of hydrogen-bond acceptors (Lipinski definition) is 3. The Balaban J connectivity index is 1.94. The number of rotatable bonds is 2. The molecule has 0 aliphatic carbocycles. The Labute approximate surface area is 140 Å². The first-order valence-corrected chi connectivity index (χ1v) is 8.18. The Morgan fingerprint density at radius 3 is 2.54 bits per heavy atom. The summed E-state index contributed by atoms with van der Waals surface area (Å²) in [5.74, 6) is 0.581. The second-order valence-electron chi connectivity index (χ2n) is 6.12. The monoisotopic (exact) mass is 319 g/mol. The van der Waals surface area contributed by atoms with Gasteiger partial charge in [-0.05, 0) is 31.9 Å². The zero-order chi connectivity index (χ0) is 16.5. The summed E-state index contributed by atoms with van der Waals surface area (Å²) in [6.45, 7) is 2.96. The average Bonchev–Trinajstić information content (AvgIpc) is 2.61. The van der Waals surface area contributed by atoms with E-state index >= 15 is 0 Å². The van der Waals surface area contributed by atoms with Crippen molar-refractivity contribution in [3.8, 4) is 22.5 Å². The molecule has 0 saturated heterocycles. The summed E-state index contributed by atoms with van der Waals surface area (Å²) in [6, 6.07) is 14.7. The lowest BCUT2D eigenvalue weighted by atomic mass is 10.0. The highest BCUT2D eigenvalue weighted by Crippen LogP contribution is 2.33. The third-order valence-electron chi connectivity index (χ3n) is 4.27. The minimum atomic E-state index is -0.264. The van der Waals surface area contributed by atoms with Gasteiger partial charge in [-0.25, -0.2) is 14.4 Å². The molecule has 0 saturated carbocycles. The SMILES string of the molecule is Cc1ccc(-c2nc3c(nc2-c2cccc(F)c2)CCCN3)cc1. The van der Waals surface area contributed by atoms with Gasteiger partial charge in [0.25, 0.3) is 0 Å². The van der Waals surface area contributed by atoms with Crippen LogP contribution in [0.1, 0.15) is 17.7 Å². The van der Waals surface area contributed by atoms with Crippen molar-refractivity contribution in [1.82, 2.24) is 9.97 Å². The van der Waals surface area contributed by atoms with Crippen LogP contribution in [0.25, 0.3) is 22.5 Å². The van der Waals surface area contributed by atoms with Crippen LogP contribution in [-0.4, -0.2) is 16.5 Å². The summed E-state index contributed by atoms with van der Waals surface area (Å²) in [5, 5.41) is 3.33. The average molecular weight is 319 g/mol. The van der Waals surface area contributed by atoms with Crippen molar-refractivity contribution in [2.24, 2.45) is 0 Å². The Kier molecular flexibility index (Phi) is 3.73. The van der Waals surface area contributed by atoms with Crippen LogP contribution >= 0.6 is 0 Å². The molecule has 1 aliphatic heterocycles. The standard InChI is InChI=1S/C20H18FN3/c1-13-7-9-14(10-8-13)18-19(15-4-2-5-16(21)12-15)23-17-6-3-11-22-20(17)24-18/h2,4-5,7-10,12H,3,6,11H2,1H3,(H,22,24). The van der Waals surface area contributed by atoms with Crippen molar-refractivity contribution >= 4 is 5.82 Å². The quantitative estimate of drug-likeness (QED) is 0.749. The van der Waals surface area contributed by atoms with E-state index in [-0.39, 0.29) is 5.82 Å². The zero-order valence-corrected chi connectivity index (χ0v) is 13.5. The minimum Gasteiger partial charge on any atom is -0.369 e. The van der Waals surface area contributed by atoms with E-state index in [4.69, 9.17) is 9.97 Å². The second kappa shape index (κ2) is 6.04.